The summed E-state index contributed by atoms with van der Waals surface area (Å²) in [4.78, 5) is 25.5. The molecule has 1 amide bonds. The average molecular weight is 465 g/mol. The fourth-order valence-electron chi connectivity index (χ4n) is 3.73. The molecule has 0 radical (unpaired) electrons. The molecule has 0 bridgehead atoms. The Kier molecular flexibility index (Phi) is 7.51. The van der Waals surface area contributed by atoms with Gasteiger partial charge in [0.05, 0.1) is 17.6 Å². The molecule has 0 unspecified atom stereocenters. The minimum Gasteiger partial charge on any atom is -0.465 e. The second-order valence-corrected chi connectivity index (χ2v) is 10.9. The zero-order valence-electron chi connectivity index (χ0n) is 17.9. The van der Waals surface area contributed by atoms with E-state index >= 15 is 0 Å². The van der Waals surface area contributed by atoms with Gasteiger partial charge in [0.1, 0.15) is 0 Å². The standard InChI is InChI=1S/C22H28N2O5S2/c1-14-9-11-17(12-10-14)24-20(25)19-15(2)18(21(26)29-3)22(30-19)31(27,28)23-13-16-7-5-4-6-8-16/h4-8,14,17,23H,9-13H2,1-3H3,(H,24,25). The van der Waals surface area contributed by atoms with Gasteiger partial charge in [-0.3, -0.25) is 4.79 Å². The van der Waals surface area contributed by atoms with Gasteiger partial charge in [-0.05, 0) is 49.7 Å². The summed E-state index contributed by atoms with van der Waals surface area (Å²) < 4.78 is 33.2. The number of benzene rings is 1. The Morgan fingerprint density at radius 1 is 1.13 bits per heavy atom. The maximum atomic E-state index is 13.0. The first kappa shape index (κ1) is 23.4. The van der Waals surface area contributed by atoms with Crippen LogP contribution in [0.5, 0.6) is 0 Å². The third-order valence-corrected chi connectivity index (χ3v) is 8.82. The van der Waals surface area contributed by atoms with Crippen LogP contribution in [0.3, 0.4) is 0 Å². The molecule has 0 aliphatic heterocycles. The second kappa shape index (κ2) is 9.93. The van der Waals surface area contributed by atoms with Gasteiger partial charge in [-0.25, -0.2) is 17.9 Å². The first-order chi connectivity index (χ1) is 14.7. The Hall–Kier alpha value is -2.23. The molecule has 1 fully saturated rings. The van der Waals surface area contributed by atoms with Gasteiger partial charge in [0.15, 0.2) is 4.21 Å². The Balaban J connectivity index is 1.87. The smallest absolute Gasteiger partial charge is 0.340 e. The minimum absolute atomic E-state index is 0.0584. The van der Waals surface area contributed by atoms with Crippen molar-refractivity contribution in [3.8, 4) is 0 Å². The molecule has 1 heterocycles. The molecule has 1 aromatic heterocycles. The molecule has 1 aliphatic rings. The summed E-state index contributed by atoms with van der Waals surface area (Å²) in [6.07, 6.45) is 3.88. The van der Waals surface area contributed by atoms with Crippen LogP contribution in [0.25, 0.3) is 0 Å². The van der Waals surface area contributed by atoms with Crippen molar-refractivity contribution in [3.63, 3.8) is 0 Å². The topological polar surface area (TPSA) is 102 Å². The minimum atomic E-state index is -4.03. The normalized spacial score (nSPS) is 19.1. The molecule has 0 saturated heterocycles. The molecule has 2 N–H and O–H groups in total. The number of hydrogen-bond acceptors (Lipinski definition) is 6. The molecule has 31 heavy (non-hydrogen) atoms. The van der Waals surface area contributed by atoms with Crippen LogP contribution in [0.4, 0.5) is 0 Å². The molecule has 1 aromatic carbocycles. The summed E-state index contributed by atoms with van der Waals surface area (Å²) in [6.45, 7) is 3.85. The maximum Gasteiger partial charge on any atom is 0.340 e. The summed E-state index contributed by atoms with van der Waals surface area (Å²) in [6, 6.07) is 9.12. The van der Waals surface area contributed by atoms with Crippen LogP contribution in [0.15, 0.2) is 34.5 Å². The molecule has 168 valence electrons. The van der Waals surface area contributed by atoms with Crippen LogP contribution in [0, 0.1) is 12.8 Å². The predicted molar refractivity (Wildman–Crippen MR) is 120 cm³/mol. The second-order valence-electron chi connectivity index (χ2n) is 7.95. The van der Waals surface area contributed by atoms with Crippen molar-refractivity contribution in [2.24, 2.45) is 5.92 Å². The van der Waals surface area contributed by atoms with E-state index in [0.29, 0.717) is 11.5 Å². The van der Waals surface area contributed by atoms with Crippen molar-refractivity contribution in [2.45, 2.75) is 56.3 Å². The number of carbonyl (C=O) groups excluding carboxylic acids is 2. The molecular weight excluding hydrogens is 436 g/mol. The third kappa shape index (κ3) is 5.53. The fraction of sp³-hybridized carbons (Fsp3) is 0.455. The highest BCUT2D eigenvalue weighted by atomic mass is 32.2. The van der Waals surface area contributed by atoms with Gasteiger partial charge in [-0.15, -0.1) is 11.3 Å². The zero-order valence-corrected chi connectivity index (χ0v) is 19.6. The Labute approximate surface area is 187 Å². The van der Waals surface area contributed by atoms with Crippen LogP contribution >= 0.6 is 11.3 Å². The summed E-state index contributed by atoms with van der Waals surface area (Å²) in [5.41, 5.74) is 1.01. The van der Waals surface area contributed by atoms with E-state index in [2.05, 4.69) is 17.0 Å². The average Bonchev–Trinajstić information content (AvgIpc) is 3.12. The van der Waals surface area contributed by atoms with E-state index in [1.165, 1.54) is 7.11 Å². The highest BCUT2D eigenvalue weighted by Gasteiger charge is 2.33. The number of ether oxygens (including phenoxy) is 1. The monoisotopic (exact) mass is 464 g/mol. The summed E-state index contributed by atoms with van der Waals surface area (Å²) in [5, 5.41) is 3.01. The van der Waals surface area contributed by atoms with E-state index < -0.39 is 16.0 Å². The number of amides is 1. The van der Waals surface area contributed by atoms with Crippen LogP contribution in [0.1, 0.15) is 63.8 Å². The molecule has 1 saturated carbocycles. The van der Waals surface area contributed by atoms with Crippen molar-refractivity contribution in [2.75, 3.05) is 7.11 Å². The zero-order chi connectivity index (χ0) is 22.6. The van der Waals surface area contributed by atoms with Gasteiger partial charge in [-0.1, -0.05) is 37.3 Å². The van der Waals surface area contributed by atoms with Gasteiger partial charge in [0, 0.05) is 12.6 Å². The van der Waals surface area contributed by atoms with E-state index in [4.69, 9.17) is 4.74 Å². The highest BCUT2D eigenvalue weighted by Crippen LogP contribution is 2.33. The molecule has 1 aliphatic carbocycles. The number of nitrogens with one attached hydrogen (secondary N) is 2. The number of thiophene rings is 1. The lowest BCUT2D eigenvalue weighted by Gasteiger charge is -2.26. The van der Waals surface area contributed by atoms with E-state index in [9.17, 15) is 18.0 Å². The van der Waals surface area contributed by atoms with Crippen LogP contribution < -0.4 is 10.0 Å². The van der Waals surface area contributed by atoms with Gasteiger partial charge in [-0.2, -0.15) is 0 Å². The summed E-state index contributed by atoms with van der Waals surface area (Å²) in [7, 11) is -2.84. The fourth-order valence-corrected chi connectivity index (χ4v) is 6.52. The SMILES string of the molecule is COC(=O)c1c(S(=O)(=O)NCc2ccccc2)sc(C(=O)NC2CCC(C)CC2)c1C. The van der Waals surface area contributed by atoms with Crippen molar-refractivity contribution < 1.29 is 22.7 Å². The van der Waals surface area contributed by atoms with E-state index in [1.54, 1.807) is 19.1 Å². The molecule has 9 heteroatoms. The quantitative estimate of drug-likeness (QED) is 0.610. The van der Waals surface area contributed by atoms with Gasteiger partial charge >= 0.3 is 5.97 Å². The Morgan fingerprint density at radius 2 is 1.77 bits per heavy atom. The first-order valence-electron chi connectivity index (χ1n) is 10.3. The van der Waals surface area contributed by atoms with Gasteiger partial charge in [0.2, 0.25) is 0 Å². The Bertz CT molecular complexity index is 1040. The summed E-state index contributed by atoms with van der Waals surface area (Å²) >= 11 is 0.806. The molecule has 0 atom stereocenters. The molecular formula is C22H28N2O5S2. The lowest BCUT2D eigenvalue weighted by atomic mass is 9.87. The predicted octanol–water partition coefficient (Wildman–Crippen LogP) is 3.63. The number of rotatable bonds is 7. The Morgan fingerprint density at radius 3 is 2.39 bits per heavy atom. The van der Waals surface area contributed by atoms with Crippen molar-refractivity contribution in [1.29, 1.82) is 0 Å². The maximum absolute atomic E-state index is 13.0. The number of hydrogen-bond donors (Lipinski definition) is 2. The van der Waals surface area contributed by atoms with Crippen molar-refractivity contribution in [3.05, 3.63) is 51.9 Å². The van der Waals surface area contributed by atoms with E-state index in [-0.39, 0.29) is 33.1 Å². The van der Waals surface area contributed by atoms with E-state index in [0.717, 1.165) is 42.6 Å². The van der Waals surface area contributed by atoms with Crippen molar-refractivity contribution in [1.82, 2.24) is 10.0 Å². The number of methoxy groups -OCH3 is 1. The number of esters is 1. The third-order valence-electron chi connectivity index (χ3n) is 5.61. The largest absolute Gasteiger partial charge is 0.465 e. The molecule has 7 nitrogen and oxygen atoms in total. The lowest BCUT2D eigenvalue weighted by Crippen LogP contribution is -2.37. The number of sulfonamides is 1. The molecule has 0 spiro atoms. The first-order valence-corrected chi connectivity index (χ1v) is 12.6. The molecule has 2 aromatic rings. The molecule has 3 rings (SSSR count). The van der Waals surface area contributed by atoms with Crippen molar-refractivity contribution >= 4 is 33.2 Å². The lowest BCUT2D eigenvalue weighted by molar-refractivity contribution is 0.0596. The van der Waals surface area contributed by atoms with Gasteiger partial charge < -0.3 is 10.1 Å². The van der Waals surface area contributed by atoms with Crippen LogP contribution in [-0.2, 0) is 21.3 Å². The summed E-state index contributed by atoms with van der Waals surface area (Å²) in [5.74, 6) is -0.480. The van der Waals surface area contributed by atoms with E-state index in [1.807, 2.05) is 18.2 Å². The van der Waals surface area contributed by atoms with Crippen LogP contribution in [0.2, 0.25) is 0 Å². The highest BCUT2D eigenvalue weighted by molar-refractivity contribution is 7.91. The number of carbonyl (C=O) groups is 2. The van der Waals surface area contributed by atoms with Crippen LogP contribution in [-0.4, -0.2) is 33.4 Å². The van der Waals surface area contributed by atoms with Gasteiger partial charge in [0.25, 0.3) is 15.9 Å².